The zero-order chi connectivity index (χ0) is 31.6. The first-order valence-electron chi connectivity index (χ1n) is 15.4. The van der Waals surface area contributed by atoms with Crippen LogP contribution in [0.5, 0.6) is 0 Å². The van der Waals surface area contributed by atoms with Crippen LogP contribution in [0.1, 0.15) is 74.5 Å². The highest BCUT2D eigenvalue weighted by Crippen LogP contribution is 2.36. The van der Waals surface area contributed by atoms with Crippen LogP contribution in [0.15, 0.2) is 40.0 Å². The van der Waals surface area contributed by atoms with Gasteiger partial charge in [-0.1, -0.05) is 80.7 Å². The molecule has 0 radical (unpaired) electrons. The Kier molecular flexibility index (Phi) is 12.0. The number of thiocarbonyl (C=S) groups is 1. The van der Waals surface area contributed by atoms with Crippen molar-refractivity contribution in [2.75, 3.05) is 42.5 Å². The van der Waals surface area contributed by atoms with Crippen LogP contribution in [0.25, 0.3) is 6.08 Å². The molecule has 2 fully saturated rings. The highest BCUT2D eigenvalue weighted by molar-refractivity contribution is 8.26. The number of unbranched alkanes of at least 4 members (excludes halogenated alkanes) is 7. The molecule has 2 aliphatic rings. The number of aliphatic carboxylic acids is 1. The molecule has 2 aromatic rings. The van der Waals surface area contributed by atoms with Crippen molar-refractivity contribution in [2.24, 2.45) is 7.05 Å². The highest BCUT2D eigenvalue weighted by Gasteiger charge is 2.33. The van der Waals surface area contributed by atoms with Crippen molar-refractivity contribution in [1.82, 2.24) is 9.47 Å². The molecule has 1 amide bonds. The maximum absolute atomic E-state index is 13.5. The smallest absolute Gasteiger partial charge is 0.303 e. The van der Waals surface area contributed by atoms with E-state index < -0.39 is 5.97 Å². The molecule has 2 aliphatic heterocycles. The highest BCUT2D eigenvalue weighted by atomic mass is 32.2. The summed E-state index contributed by atoms with van der Waals surface area (Å²) in [5.74, 6) is -0.150. The van der Waals surface area contributed by atoms with Gasteiger partial charge in [-0.3, -0.25) is 23.9 Å². The van der Waals surface area contributed by atoms with Crippen molar-refractivity contribution >= 4 is 57.8 Å². The number of anilines is 2. The number of aromatic nitrogens is 1. The van der Waals surface area contributed by atoms with Gasteiger partial charge in [0.1, 0.15) is 21.8 Å². The number of piperazine rings is 1. The van der Waals surface area contributed by atoms with Gasteiger partial charge in [-0.2, -0.15) is 5.26 Å². The van der Waals surface area contributed by atoms with E-state index in [0.29, 0.717) is 45.8 Å². The number of nitriles is 1. The molecule has 11 heteroatoms. The van der Waals surface area contributed by atoms with Gasteiger partial charge < -0.3 is 14.9 Å². The normalized spacial score (nSPS) is 16.2. The van der Waals surface area contributed by atoms with Crippen LogP contribution in [0, 0.1) is 18.3 Å². The number of thioether (sulfide) groups is 1. The van der Waals surface area contributed by atoms with Crippen molar-refractivity contribution in [3.63, 3.8) is 0 Å². The first-order valence-corrected chi connectivity index (χ1v) is 16.6. The van der Waals surface area contributed by atoms with Crippen LogP contribution < -0.4 is 15.4 Å². The summed E-state index contributed by atoms with van der Waals surface area (Å²) in [5, 5.41) is 18.5. The standard InChI is InChI=1S/C33H41N5O4S2/c1-24-26(22-28-32(42)38(33(43)44-28)17-13-8-6-4-3-5-7-12-16-29(39)40)30(35(2)31(41)27(24)23-34)37-20-18-36(19-21-37)25-14-10-9-11-15-25/h9-11,14-15,22H,3-8,12-13,16-21H2,1-2H3,(H,39,40)/b28-22+. The molecule has 3 heterocycles. The summed E-state index contributed by atoms with van der Waals surface area (Å²) in [4.78, 5) is 43.9. The lowest BCUT2D eigenvalue weighted by Crippen LogP contribution is -2.48. The summed E-state index contributed by atoms with van der Waals surface area (Å²) in [7, 11) is 1.69. The third-order valence-corrected chi connectivity index (χ3v) is 9.72. The second-order valence-corrected chi connectivity index (χ2v) is 13.0. The number of pyridine rings is 1. The molecular weight excluding hydrogens is 595 g/mol. The van der Waals surface area contributed by atoms with Gasteiger partial charge in [0.15, 0.2) is 0 Å². The van der Waals surface area contributed by atoms with Crippen LogP contribution in [-0.4, -0.2) is 63.5 Å². The van der Waals surface area contributed by atoms with E-state index in [0.717, 1.165) is 70.1 Å². The monoisotopic (exact) mass is 635 g/mol. The fraction of sp³-hybridized carbons (Fsp3) is 0.485. The quantitative estimate of drug-likeness (QED) is 0.159. The minimum atomic E-state index is -0.731. The third kappa shape index (κ3) is 8.10. The lowest BCUT2D eigenvalue weighted by Gasteiger charge is -2.38. The van der Waals surface area contributed by atoms with Crippen molar-refractivity contribution in [2.45, 2.75) is 64.7 Å². The number of nitrogens with zero attached hydrogens (tertiary/aromatic N) is 5. The maximum Gasteiger partial charge on any atom is 0.303 e. The number of carboxylic acids is 1. The predicted molar refractivity (Wildman–Crippen MR) is 181 cm³/mol. The zero-order valence-corrected chi connectivity index (χ0v) is 27.2. The summed E-state index contributed by atoms with van der Waals surface area (Å²) in [6, 6.07) is 12.3. The number of carboxylic acid groups (broad SMARTS) is 1. The van der Waals surface area contributed by atoms with Gasteiger partial charge in [-0.05, 0) is 43.5 Å². The van der Waals surface area contributed by atoms with Crippen LogP contribution >= 0.6 is 24.0 Å². The number of hydrogen-bond acceptors (Lipinski definition) is 8. The average Bonchev–Trinajstić information content (AvgIpc) is 3.29. The second kappa shape index (κ2) is 15.9. The SMILES string of the molecule is Cc1c(/C=C2/SC(=S)N(CCCCCCCCCCC(=O)O)C2=O)c(N2CCN(c3ccccc3)CC2)n(C)c(=O)c1C#N. The van der Waals surface area contributed by atoms with Crippen LogP contribution in [0.2, 0.25) is 0 Å². The largest absolute Gasteiger partial charge is 0.481 e. The molecule has 0 spiro atoms. The molecule has 4 rings (SSSR count). The first kappa shape index (κ1) is 33.3. The molecule has 0 aliphatic carbocycles. The summed E-state index contributed by atoms with van der Waals surface area (Å²) in [5.41, 5.74) is 2.19. The Bertz CT molecular complexity index is 1490. The van der Waals surface area contributed by atoms with Crippen molar-refractivity contribution < 1.29 is 14.7 Å². The van der Waals surface area contributed by atoms with Crippen molar-refractivity contribution in [3.05, 3.63) is 62.3 Å². The number of para-hydroxylation sites is 1. The van der Waals surface area contributed by atoms with Gasteiger partial charge in [-0.25, -0.2) is 0 Å². The van der Waals surface area contributed by atoms with E-state index in [-0.39, 0.29) is 23.5 Å². The number of benzene rings is 1. The Morgan fingerprint density at radius 3 is 2.18 bits per heavy atom. The summed E-state index contributed by atoms with van der Waals surface area (Å²) in [6.07, 6.45) is 9.91. The molecular formula is C33H41N5O4S2. The van der Waals surface area contributed by atoms with Gasteiger partial charge >= 0.3 is 5.97 Å². The van der Waals surface area contributed by atoms with E-state index in [1.54, 1.807) is 23.4 Å². The molecule has 0 saturated carbocycles. The molecule has 234 valence electrons. The third-order valence-electron chi connectivity index (χ3n) is 8.34. The molecule has 1 aromatic heterocycles. The van der Waals surface area contributed by atoms with E-state index in [1.165, 1.54) is 11.8 Å². The Morgan fingerprint density at radius 1 is 0.977 bits per heavy atom. The van der Waals surface area contributed by atoms with Gasteiger partial charge in [0, 0.05) is 57.4 Å². The van der Waals surface area contributed by atoms with E-state index in [4.69, 9.17) is 17.3 Å². The van der Waals surface area contributed by atoms with E-state index in [2.05, 4.69) is 28.0 Å². The number of amides is 1. The minimum absolute atomic E-state index is 0.0859. The Balaban J connectivity index is 1.42. The fourth-order valence-corrected chi connectivity index (χ4v) is 7.13. The molecule has 1 aromatic carbocycles. The molecule has 0 atom stereocenters. The van der Waals surface area contributed by atoms with Gasteiger partial charge in [0.05, 0.1) is 4.91 Å². The van der Waals surface area contributed by atoms with Crippen molar-refractivity contribution in [3.8, 4) is 6.07 Å². The number of rotatable bonds is 14. The second-order valence-electron chi connectivity index (χ2n) is 11.3. The fourth-order valence-electron chi connectivity index (χ4n) is 5.84. The van der Waals surface area contributed by atoms with Gasteiger partial charge in [0.25, 0.3) is 11.5 Å². The Hall–Kier alpha value is -3.62. The molecule has 44 heavy (non-hydrogen) atoms. The van der Waals surface area contributed by atoms with E-state index >= 15 is 0 Å². The maximum atomic E-state index is 13.5. The molecule has 1 N–H and O–H groups in total. The average molecular weight is 636 g/mol. The number of carbonyl (C=O) groups excluding carboxylic acids is 1. The lowest BCUT2D eigenvalue weighted by molar-refractivity contribution is -0.137. The van der Waals surface area contributed by atoms with Gasteiger partial charge in [0.2, 0.25) is 0 Å². The topological polar surface area (TPSA) is 110 Å². The Labute approximate surface area is 269 Å². The number of carbonyl (C=O) groups is 2. The predicted octanol–water partition coefficient (Wildman–Crippen LogP) is 5.69. The molecule has 2 saturated heterocycles. The minimum Gasteiger partial charge on any atom is -0.481 e. The zero-order valence-electron chi connectivity index (χ0n) is 25.6. The summed E-state index contributed by atoms with van der Waals surface area (Å²) >= 11 is 6.87. The summed E-state index contributed by atoms with van der Waals surface area (Å²) < 4.78 is 2.07. The van der Waals surface area contributed by atoms with Crippen LogP contribution in [0.4, 0.5) is 11.5 Å². The van der Waals surface area contributed by atoms with E-state index in [1.807, 2.05) is 24.3 Å². The first-order chi connectivity index (χ1) is 21.2. The van der Waals surface area contributed by atoms with Crippen molar-refractivity contribution in [1.29, 1.82) is 5.26 Å². The Morgan fingerprint density at radius 2 is 1.57 bits per heavy atom. The lowest BCUT2D eigenvalue weighted by atomic mass is 10.0. The summed E-state index contributed by atoms with van der Waals surface area (Å²) in [6.45, 7) is 5.29. The molecule has 0 unspecified atom stereocenters. The van der Waals surface area contributed by atoms with Gasteiger partial charge in [-0.15, -0.1) is 0 Å². The molecule has 9 nitrogen and oxygen atoms in total. The van der Waals surface area contributed by atoms with Crippen LogP contribution in [0.3, 0.4) is 0 Å². The molecule has 0 bridgehead atoms. The van der Waals surface area contributed by atoms with E-state index in [9.17, 15) is 19.6 Å². The number of hydrogen-bond donors (Lipinski definition) is 1. The van der Waals surface area contributed by atoms with Crippen LogP contribution in [-0.2, 0) is 16.6 Å².